The summed E-state index contributed by atoms with van der Waals surface area (Å²) >= 11 is 11.7. The fraction of sp³-hybridized carbons (Fsp3) is 0.417. The van der Waals surface area contributed by atoms with E-state index < -0.39 is 11.9 Å². The first-order chi connectivity index (χ1) is 9.46. The third-order valence-corrected chi connectivity index (χ3v) is 2.98. The van der Waals surface area contributed by atoms with Crippen LogP contribution in [0.3, 0.4) is 0 Å². The van der Waals surface area contributed by atoms with Crippen LogP contribution in [0.4, 0.5) is 0 Å². The molecule has 0 radical (unpaired) electrons. The Bertz CT molecular complexity index is 478. The number of nitrogens with zero attached hydrogens (tertiary/aromatic N) is 2. The fourth-order valence-corrected chi connectivity index (χ4v) is 1.87. The van der Waals surface area contributed by atoms with Gasteiger partial charge in [-0.1, -0.05) is 29.3 Å². The molecule has 0 saturated heterocycles. The molecule has 110 valence electrons. The molecule has 0 fully saturated rings. The Morgan fingerprint density at radius 2 is 1.70 bits per heavy atom. The van der Waals surface area contributed by atoms with Crippen molar-refractivity contribution in [1.29, 1.82) is 0 Å². The zero-order valence-electron chi connectivity index (χ0n) is 11.1. The lowest BCUT2D eigenvalue weighted by Gasteiger charge is -2.20. The summed E-state index contributed by atoms with van der Waals surface area (Å²) in [7, 11) is 2.55. The van der Waals surface area contributed by atoms with E-state index >= 15 is 0 Å². The number of hydrogen-bond donors (Lipinski definition) is 0. The van der Waals surface area contributed by atoms with Crippen LogP contribution < -0.4 is 0 Å². The molecule has 8 heteroatoms. The third-order valence-electron chi connectivity index (χ3n) is 2.45. The monoisotopic (exact) mass is 320 g/mol. The molecule has 0 spiro atoms. The first kappa shape index (κ1) is 16.7. The molecule has 1 heterocycles. The molecule has 0 aromatic carbocycles. The van der Waals surface area contributed by atoms with Crippen molar-refractivity contribution in [3.63, 3.8) is 0 Å². The van der Waals surface area contributed by atoms with Crippen LogP contribution in [0.5, 0.6) is 0 Å². The number of rotatable bonds is 6. The highest BCUT2D eigenvalue weighted by molar-refractivity contribution is 6.32. The Balaban J connectivity index is 2.81. The summed E-state index contributed by atoms with van der Waals surface area (Å²) in [5, 5.41) is 0.489. The molecule has 0 atom stereocenters. The van der Waals surface area contributed by atoms with Gasteiger partial charge in [0.05, 0.1) is 27.3 Å². The first-order valence-corrected chi connectivity index (χ1v) is 6.38. The second-order valence-corrected chi connectivity index (χ2v) is 4.63. The summed E-state index contributed by atoms with van der Waals surface area (Å²) < 4.78 is 9.16. The third kappa shape index (κ3) is 5.32. The molecular weight excluding hydrogens is 307 g/mol. The largest absolute Gasteiger partial charge is 0.468 e. The van der Waals surface area contributed by atoms with E-state index in [1.54, 1.807) is 12.1 Å². The second kappa shape index (κ2) is 8.04. The zero-order valence-corrected chi connectivity index (χ0v) is 12.6. The number of ether oxygens (including phenoxy) is 2. The van der Waals surface area contributed by atoms with Gasteiger partial charge in [0.25, 0.3) is 0 Å². The van der Waals surface area contributed by atoms with Gasteiger partial charge in [-0.05, 0) is 6.07 Å². The van der Waals surface area contributed by atoms with E-state index in [2.05, 4.69) is 14.5 Å². The molecule has 0 unspecified atom stereocenters. The average Bonchev–Trinajstić information content (AvgIpc) is 2.41. The standard InChI is InChI=1S/C12H14Cl2N2O4/c1-19-10(17)6-16(7-11(18)20-2)5-8-3-4-9(13)15-12(8)14/h3-4H,5-7H2,1-2H3. The molecular formula is C12H14Cl2N2O4. The molecule has 0 N–H and O–H groups in total. The SMILES string of the molecule is COC(=O)CN(CC(=O)OC)Cc1ccc(Cl)nc1Cl. The molecule has 0 bridgehead atoms. The number of aromatic nitrogens is 1. The number of halogens is 2. The molecule has 6 nitrogen and oxygen atoms in total. The van der Waals surface area contributed by atoms with E-state index in [9.17, 15) is 9.59 Å². The number of esters is 2. The predicted octanol–water partition coefficient (Wildman–Crippen LogP) is 1.54. The van der Waals surface area contributed by atoms with E-state index in [-0.39, 0.29) is 29.9 Å². The van der Waals surface area contributed by atoms with Crippen LogP contribution >= 0.6 is 23.2 Å². The van der Waals surface area contributed by atoms with Gasteiger partial charge in [-0.2, -0.15) is 0 Å². The van der Waals surface area contributed by atoms with Gasteiger partial charge in [0.1, 0.15) is 10.3 Å². The smallest absolute Gasteiger partial charge is 0.319 e. The van der Waals surface area contributed by atoms with E-state index in [0.717, 1.165) is 0 Å². The molecule has 0 aliphatic rings. The van der Waals surface area contributed by atoms with Crippen molar-refractivity contribution in [2.24, 2.45) is 0 Å². The highest BCUT2D eigenvalue weighted by atomic mass is 35.5. The molecule has 0 saturated carbocycles. The second-order valence-electron chi connectivity index (χ2n) is 3.88. The van der Waals surface area contributed by atoms with Gasteiger partial charge in [-0.25, -0.2) is 4.98 Å². The number of pyridine rings is 1. The molecule has 1 rings (SSSR count). The Hall–Kier alpha value is -1.37. The van der Waals surface area contributed by atoms with Crippen molar-refractivity contribution >= 4 is 35.1 Å². The van der Waals surface area contributed by atoms with Crippen LogP contribution in [-0.4, -0.2) is 49.1 Å². The molecule has 1 aromatic heterocycles. The molecule has 0 aliphatic heterocycles. The van der Waals surface area contributed by atoms with Crippen molar-refractivity contribution < 1.29 is 19.1 Å². The Labute approximate surface area is 126 Å². The maximum atomic E-state index is 11.3. The normalized spacial score (nSPS) is 10.4. The van der Waals surface area contributed by atoms with Gasteiger partial charge in [0.15, 0.2) is 0 Å². The van der Waals surface area contributed by atoms with Crippen LogP contribution in [0.2, 0.25) is 10.3 Å². The van der Waals surface area contributed by atoms with Crippen LogP contribution in [0.1, 0.15) is 5.56 Å². The number of carbonyl (C=O) groups excluding carboxylic acids is 2. The number of hydrogen-bond acceptors (Lipinski definition) is 6. The Kier molecular flexibility index (Phi) is 6.70. The molecule has 0 aliphatic carbocycles. The lowest BCUT2D eigenvalue weighted by Crippen LogP contribution is -2.35. The van der Waals surface area contributed by atoms with Crippen LogP contribution in [0, 0.1) is 0 Å². The maximum Gasteiger partial charge on any atom is 0.319 e. The zero-order chi connectivity index (χ0) is 15.1. The van der Waals surface area contributed by atoms with Gasteiger partial charge in [-0.3, -0.25) is 14.5 Å². The number of carbonyl (C=O) groups is 2. The average molecular weight is 321 g/mol. The summed E-state index contributed by atoms with van der Waals surface area (Å²) in [6.45, 7) is 0.113. The summed E-state index contributed by atoms with van der Waals surface area (Å²) in [4.78, 5) is 28.1. The van der Waals surface area contributed by atoms with Crippen LogP contribution in [0.15, 0.2) is 12.1 Å². The van der Waals surface area contributed by atoms with Gasteiger partial charge in [0.2, 0.25) is 0 Å². The Morgan fingerprint density at radius 1 is 1.15 bits per heavy atom. The Morgan fingerprint density at radius 3 is 2.15 bits per heavy atom. The predicted molar refractivity (Wildman–Crippen MR) is 73.6 cm³/mol. The quantitative estimate of drug-likeness (QED) is 0.585. The van der Waals surface area contributed by atoms with Crippen molar-refractivity contribution in [3.8, 4) is 0 Å². The van der Waals surface area contributed by atoms with Gasteiger partial charge in [-0.15, -0.1) is 0 Å². The molecule has 20 heavy (non-hydrogen) atoms. The lowest BCUT2D eigenvalue weighted by molar-refractivity contribution is -0.145. The molecule has 1 aromatic rings. The van der Waals surface area contributed by atoms with Gasteiger partial charge >= 0.3 is 11.9 Å². The molecule has 0 amide bonds. The highest BCUT2D eigenvalue weighted by Crippen LogP contribution is 2.18. The van der Waals surface area contributed by atoms with E-state index in [0.29, 0.717) is 5.56 Å². The van der Waals surface area contributed by atoms with E-state index in [4.69, 9.17) is 23.2 Å². The lowest BCUT2D eigenvalue weighted by atomic mass is 10.2. The summed E-state index contributed by atoms with van der Waals surface area (Å²) in [5.41, 5.74) is 0.642. The minimum absolute atomic E-state index is 0.0649. The summed E-state index contributed by atoms with van der Waals surface area (Å²) in [6, 6.07) is 3.26. The van der Waals surface area contributed by atoms with Crippen molar-refractivity contribution in [3.05, 3.63) is 28.0 Å². The summed E-state index contributed by atoms with van der Waals surface area (Å²) in [6.07, 6.45) is 0. The topological polar surface area (TPSA) is 68.7 Å². The van der Waals surface area contributed by atoms with E-state index in [1.807, 2.05) is 0 Å². The highest BCUT2D eigenvalue weighted by Gasteiger charge is 2.17. The first-order valence-electron chi connectivity index (χ1n) is 5.63. The van der Waals surface area contributed by atoms with Crippen molar-refractivity contribution in [2.45, 2.75) is 6.54 Å². The van der Waals surface area contributed by atoms with Crippen LogP contribution in [0.25, 0.3) is 0 Å². The van der Waals surface area contributed by atoms with Gasteiger partial charge in [0, 0.05) is 12.1 Å². The minimum atomic E-state index is -0.466. The fourth-order valence-electron chi connectivity index (χ4n) is 1.46. The van der Waals surface area contributed by atoms with Crippen molar-refractivity contribution in [2.75, 3.05) is 27.3 Å². The van der Waals surface area contributed by atoms with Crippen molar-refractivity contribution in [1.82, 2.24) is 9.88 Å². The summed E-state index contributed by atoms with van der Waals surface area (Å²) in [5.74, 6) is -0.932. The maximum absolute atomic E-state index is 11.3. The van der Waals surface area contributed by atoms with Gasteiger partial charge < -0.3 is 9.47 Å². The van der Waals surface area contributed by atoms with Crippen LogP contribution in [-0.2, 0) is 25.6 Å². The number of methoxy groups -OCH3 is 2. The minimum Gasteiger partial charge on any atom is -0.468 e. The van der Waals surface area contributed by atoms with E-state index in [1.165, 1.54) is 19.1 Å².